The zero-order valence-electron chi connectivity index (χ0n) is 19.0. The maximum atomic E-state index is 12.6. The third-order valence-corrected chi connectivity index (χ3v) is 5.97. The van der Waals surface area contributed by atoms with E-state index in [0.717, 1.165) is 28.5 Å². The lowest BCUT2D eigenvalue weighted by atomic mass is 10.1. The van der Waals surface area contributed by atoms with Crippen LogP contribution in [0, 0.1) is 17.0 Å². The van der Waals surface area contributed by atoms with Crippen LogP contribution in [-0.4, -0.2) is 44.7 Å². The van der Waals surface area contributed by atoms with Crippen molar-refractivity contribution in [1.82, 2.24) is 15.2 Å². The van der Waals surface area contributed by atoms with Gasteiger partial charge in [-0.25, -0.2) is 10.1 Å². The number of rotatable bonds is 5. The normalized spacial score (nSPS) is 11.8. The van der Waals surface area contributed by atoms with Crippen LogP contribution in [0.15, 0.2) is 53.6 Å². The van der Waals surface area contributed by atoms with Gasteiger partial charge in [-0.05, 0) is 31.2 Å². The number of ether oxygens (including phenoxy) is 2. The highest BCUT2D eigenvalue weighted by Crippen LogP contribution is 2.37. The topological polar surface area (TPSA) is 158 Å². The van der Waals surface area contributed by atoms with Gasteiger partial charge < -0.3 is 14.6 Å². The number of hydrazone groups is 1. The summed E-state index contributed by atoms with van der Waals surface area (Å²) in [7, 11) is 0. The van der Waals surface area contributed by atoms with Crippen molar-refractivity contribution in [2.45, 2.75) is 13.8 Å². The Bertz CT molecular complexity index is 1490. The van der Waals surface area contributed by atoms with E-state index in [1.54, 1.807) is 10.7 Å². The molecular weight excluding hydrogens is 490 g/mol. The first-order valence-corrected chi connectivity index (χ1v) is 11.2. The summed E-state index contributed by atoms with van der Waals surface area (Å²) in [5, 5.41) is 28.1. The maximum Gasteiger partial charge on any atom is 0.300 e. The molecule has 0 unspecified atom stereocenters. The van der Waals surface area contributed by atoms with Gasteiger partial charge in [0, 0.05) is 12.3 Å². The summed E-state index contributed by atoms with van der Waals surface area (Å²) in [5.41, 5.74) is 4.11. The first-order valence-electron chi connectivity index (χ1n) is 10.4. The molecule has 3 heterocycles. The Morgan fingerprint density at radius 3 is 2.56 bits per heavy atom. The van der Waals surface area contributed by atoms with Crippen molar-refractivity contribution < 1.29 is 29.1 Å². The molecule has 0 radical (unpaired) electrons. The predicted molar refractivity (Wildman–Crippen MR) is 131 cm³/mol. The highest BCUT2D eigenvalue weighted by atomic mass is 32.1. The Balaban J connectivity index is 0.000000709. The molecule has 0 atom stereocenters. The lowest BCUT2D eigenvalue weighted by molar-refractivity contribution is -0.385. The molecule has 0 bridgehead atoms. The first-order chi connectivity index (χ1) is 17.2. The number of hydrogen-bond donors (Lipinski definition) is 2. The fourth-order valence-corrected chi connectivity index (χ4v) is 4.40. The average Bonchev–Trinajstić information content (AvgIpc) is 3.55. The zero-order valence-corrected chi connectivity index (χ0v) is 19.8. The fraction of sp³-hybridized carbons (Fsp3) is 0.130. The van der Waals surface area contributed by atoms with Crippen LogP contribution < -0.4 is 14.9 Å². The van der Waals surface area contributed by atoms with Crippen LogP contribution in [0.25, 0.3) is 15.9 Å². The van der Waals surface area contributed by atoms with Gasteiger partial charge in [-0.1, -0.05) is 18.2 Å². The van der Waals surface area contributed by atoms with Crippen LogP contribution >= 0.6 is 11.3 Å². The number of carboxylic acids is 1. The third kappa shape index (κ3) is 5.15. The van der Waals surface area contributed by atoms with Gasteiger partial charge >= 0.3 is 0 Å². The molecule has 0 saturated carbocycles. The fourth-order valence-electron chi connectivity index (χ4n) is 3.33. The number of carbonyl (C=O) groups is 2. The molecule has 184 valence electrons. The highest BCUT2D eigenvalue weighted by Gasteiger charge is 2.23. The number of carbonyl (C=O) groups excluding carboxylic acids is 1. The number of carboxylic acid groups (broad SMARTS) is 1. The second-order valence-corrected chi connectivity index (χ2v) is 8.43. The number of thiophene rings is 1. The summed E-state index contributed by atoms with van der Waals surface area (Å²) >= 11 is 1.29. The Labute approximate surface area is 207 Å². The van der Waals surface area contributed by atoms with Gasteiger partial charge in [0.2, 0.25) is 6.79 Å². The maximum absolute atomic E-state index is 12.6. The number of hydrogen-bond acceptors (Lipinski definition) is 9. The molecule has 1 aliphatic rings. The molecule has 5 rings (SSSR count). The van der Waals surface area contributed by atoms with E-state index in [0.29, 0.717) is 16.4 Å². The number of nitrogens with one attached hydrogen (secondary N) is 1. The number of aryl methyl sites for hydroxylation is 1. The molecule has 0 aliphatic carbocycles. The van der Waals surface area contributed by atoms with Crippen molar-refractivity contribution in [3.63, 3.8) is 0 Å². The summed E-state index contributed by atoms with van der Waals surface area (Å²) in [4.78, 5) is 33.7. The molecule has 36 heavy (non-hydrogen) atoms. The van der Waals surface area contributed by atoms with Crippen molar-refractivity contribution in [3.05, 3.63) is 74.8 Å². The molecule has 2 N–H and O–H groups in total. The van der Waals surface area contributed by atoms with Crippen molar-refractivity contribution in [2.75, 3.05) is 6.79 Å². The summed E-state index contributed by atoms with van der Waals surface area (Å²) in [6, 6.07) is 14.1. The summed E-state index contributed by atoms with van der Waals surface area (Å²) in [5.74, 6) is -0.579. The Kier molecular flexibility index (Phi) is 6.92. The van der Waals surface area contributed by atoms with Crippen molar-refractivity contribution in [1.29, 1.82) is 0 Å². The minimum atomic E-state index is -0.833. The number of nitrogens with zero attached hydrogens (tertiary/aromatic N) is 4. The molecule has 13 heteroatoms. The number of benzene rings is 2. The molecule has 0 saturated heterocycles. The molecule has 4 aromatic rings. The van der Waals surface area contributed by atoms with Gasteiger partial charge in [-0.2, -0.15) is 10.2 Å². The molecule has 2 aromatic heterocycles. The van der Waals surface area contributed by atoms with Gasteiger partial charge in [0.1, 0.15) is 4.83 Å². The van der Waals surface area contributed by atoms with Crippen LogP contribution in [0.1, 0.15) is 27.9 Å². The second kappa shape index (κ2) is 10.2. The number of nitro groups is 1. The second-order valence-electron chi connectivity index (χ2n) is 7.40. The van der Waals surface area contributed by atoms with Crippen LogP contribution in [-0.2, 0) is 4.79 Å². The Hall–Kier alpha value is -4.78. The lowest BCUT2D eigenvalue weighted by Gasteiger charge is -2.01. The number of fused-ring (bicyclic) bond motifs is 2. The summed E-state index contributed by atoms with van der Waals surface area (Å²) < 4.78 is 12.2. The van der Waals surface area contributed by atoms with E-state index in [1.807, 2.05) is 37.3 Å². The number of aromatic nitrogens is 2. The highest BCUT2D eigenvalue weighted by molar-refractivity contribution is 7.20. The number of para-hydroxylation sites is 1. The standard InChI is InChI=1S/C21H15N5O5S.C2H4O2/c1-12-15-8-19(32-21(15)25(24-12)14-5-3-2-4-6-14)20(27)23-22-10-13-7-17-18(31-11-30-17)9-16(13)26(28)29;1-2(3)4/h2-10H,11H2,1H3,(H,23,27);1H3,(H,3,4)/b22-10+;. The van der Waals surface area contributed by atoms with E-state index in [9.17, 15) is 14.9 Å². The Morgan fingerprint density at radius 2 is 1.89 bits per heavy atom. The van der Waals surface area contributed by atoms with Crippen LogP contribution in [0.5, 0.6) is 11.5 Å². The average molecular weight is 510 g/mol. The summed E-state index contributed by atoms with van der Waals surface area (Å²) in [6.45, 7) is 2.96. The number of amides is 1. The van der Waals surface area contributed by atoms with Crippen molar-refractivity contribution in [2.24, 2.45) is 5.10 Å². The van der Waals surface area contributed by atoms with Crippen molar-refractivity contribution in [3.8, 4) is 17.2 Å². The van der Waals surface area contributed by atoms with E-state index >= 15 is 0 Å². The van der Waals surface area contributed by atoms with Gasteiger partial charge in [0.15, 0.2) is 11.5 Å². The summed E-state index contributed by atoms with van der Waals surface area (Å²) in [6.07, 6.45) is 1.21. The molecule has 2 aromatic carbocycles. The van der Waals surface area contributed by atoms with E-state index in [2.05, 4.69) is 15.6 Å². The van der Waals surface area contributed by atoms with Gasteiger partial charge in [-0.3, -0.25) is 19.7 Å². The van der Waals surface area contributed by atoms with E-state index in [-0.39, 0.29) is 18.0 Å². The zero-order chi connectivity index (χ0) is 25.8. The molecule has 12 nitrogen and oxygen atoms in total. The molecular formula is C23H19N5O7S. The molecule has 0 spiro atoms. The van der Waals surface area contributed by atoms with Crippen molar-refractivity contribution >= 4 is 45.3 Å². The van der Waals surface area contributed by atoms with E-state index < -0.39 is 16.8 Å². The van der Waals surface area contributed by atoms with Crippen LogP contribution in [0.4, 0.5) is 5.69 Å². The van der Waals surface area contributed by atoms with Gasteiger partial charge in [-0.15, -0.1) is 11.3 Å². The molecule has 1 amide bonds. The quantitative estimate of drug-likeness (QED) is 0.233. The first kappa shape index (κ1) is 24.3. The van der Waals surface area contributed by atoms with Crippen LogP contribution in [0.3, 0.4) is 0 Å². The van der Waals surface area contributed by atoms with Gasteiger partial charge in [0.25, 0.3) is 17.6 Å². The van der Waals surface area contributed by atoms with E-state index in [1.165, 1.54) is 29.7 Å². The molecule has 0 fully saturated rings. The third-order valence-electron chi connectivity index (χ3n) is 4.86. The monoisotopic (exact) mass is 509 g/mol. The molecule has 1 aliphatic heterocycles. The smallest absolute Gasteiger partial charge is 0.300 e. The lowest BCUT2D eigenvalue weighted by Crippen LogP contribution is -2.16. The minimum Gasteiger partial charge on any atom is -0.481 e. The van der Waals surface area contributed by atoms with Crippen LogP contribution in [0.2, 0.25) is 0 Å². The SMILES string of the molecule is CC(=O)O.Cc1nn(-c2ccccc2)c2sc(C(=O)N/N=C/c3cc4c(cc3[N+](=O)[O-])OCO4)cc12. The predicted octanol–water partition coefficient (Wildman–Crippen LogP) is 3.89. The van der Waals surface area contributed by atoms with E-state index in [4.69, 9.17) is 19.4 Å². The largest absolute Gasteiger partial charge is 0.481 e. The minimum absolute atomic E-state index is 0.00438. The Morgan fingerprint density at radius 1 is 1.22 bits per heavy atom. The number of aliphatic carboxylic acids is 1. The van der Waals surface area contributed by atoms with Gasteiger partial charge in [0.05, 0.1) is 39.0 Å². The number of nitro benzene ring substituents is 1.